The van der Waals surface area contributed by atoms with Crippen molar-refractivity contribution in [3.63, 3.8) is 0 Å². The first-order chi connectivity index (χ1) is 6.91. The molecule has 1 aliphatic carbocycles. The fourth-order valence-electron chi connectivity index (χ4n) is 1.95. The number of sulfone groups is 1. The Balaban J connectivity index is 2.26. The second-order valence-electron chi connectivity index (χ2n) is 3.95. The van der Waals surface area contributed by atoms with E-state index in [1.165, 1.54) is 6.26 Å². The molecule has 15 heavy (non-hydrogen) atoms. The number of rotatable bonds is 2. The minimum Gasteiger partial charge on any atom is -0.326 e. The van der Waals surface area contributed by atoms with Crippen LogP contribution >= 0.6 is 11.6 Å². The van der Waals surface area contributed by atoms with Gasteiger partial charge in [-0.3, -0.25) is 0 Å². The summed E-state index contributed by atoms with van der Waals surface area (Å²) in [6.45, 7) is 0. The third-order valence-corrected chi connectivity index (χ3v) is 4.60. The minimum atomic E-state index is -3.04. The maximum Gasteiger partial charge on any atom is 0.152 e. The van der Waals surface area contributed by atoms with Crippen LogP contribution in [0.15, 0.2) is 24.3 Å². The number of hydrogen-bond acceptors (Lipinski definition) is 3. The number of benzene rings is 1. The van der Waals surface area contributed by atoms with Crippen LogP contribution in [-0.4, -0.2) is 26.0 Å². The molecule has 1 aromatic carbocycles. The highest BCUT2D eigenvalue weighted by atomic mass is 35.5. The van der Waals surface area contributed by atoms with E-state index in [1.54, 1.807) is 12.1 Å². The zero-order valence-electron chi connectivity index (χ0n) is 8.22. The standard InChI is InChI=1S/C10H12ClNO2S/c1-15(13,14)10-8(9(10)12)6-2-4-7(11)5-3-6/h2-5,8-10H,12H2,1H3/t8-,9+,10+/m1/s1. The van der Waals surface area contributed by atoms with E-state index in [2.05, 4.69) is 0 Å². The van der Waals surface area contributed by atoms with E-state index in [4.69, 9.17) is 17.3 Å². The Morgan fingerprint density at radius 1 is 1.27 bits per heavy atom. The largest absolute Gasteiger partial charge is 0.326 e. The molecule has 0 bridgehead atoms. The average Bonchev–Trinajstić information content (AvgIpc) is 2.78. The summed E-state index contributed by atoms with van der Waals surface area (Å²) in [6.07, 6.45) is 1.23. The first-order valence-corrected chi connectivity index (χ1v) is 6.94. The van der Waals surface area contributed by atoms with Crippen LogP contribution in [0.25, 0.3) is 0 Å². The van der Waals surface area contributed by atoms with E-state index in [0.29, 0.717) is 5.02 Å². The summed E-state index contributed by atoms with van der Waals surface area (Å²) in [5.41, 5.74) is 6.70. The summed E-state index contributed by atoms with van der Waals surface area (Å²) < 4.78 is 22.7. The number of halogens is 1. The molecule has 0 heterocycles. The lowest BCUT2D eigenvalue weighted by molar-refractivity contribution is 0.599. The molecule has 0 aromatic heterocycles. The Morgan fingerprint density at radius 3 is 2.20 bits per heavy atom. The highest BCUT2D eigenvalue weighted by Crippen LogP contribution is 2.44. The Bertz CT molecular complexity index is 469. The lowest BCUT2D eigenvalue weighted by Crippen LogP contribution is -2.13. The van der Waals surface area contributed by atoms with Crippen molar-refractivity contribution in [2.45, 2.75) is 17.2 Å². The molecule has 1 aromatic rings. The molecule has 0 amide bonds. The quantitative estimate of drug-likeness (QED) is 0.851. The Labute approximate surface area is 94.2 Å². The SMILES string of the molecule is CS(=O)(=O)[C@@H]1[C@@H](N)[C@H]1c1ccc(Cl)cc1. The van der Waals surface area contributed by atoms with Gasteiger partial charge in [0.05, 0.1) is 5.25 Å². The lowest BCUT2D eigenvalue weighted by Gasteiger charge is -1.98. The predicted molar refractivity (Wildman–Crippen MR) is 60.8 cm³/mol. The van der Waals surface area contributed by atoms with Crippen molar-refractivity contribution >= 4 is 21.4 Å². The molecule has 3 atom stereocenters. The summed E-state index contributed by atoms with van der Waals surface area (Å²) >= 11 is 5.75. The van der Waals surface area contributed by atoms with E-state index < -0.39 is 15.1 Å². The Morgan fingerprint density at radius 2 is 1.80 bits per heavy atom. The highest BCUT2D eigenvalue weighted by Gasteiger charge is 2.54. The molecule has 2 N–H and O–H groups in total. The van der Waals surface area contributed by atoms with Crippen molar-refractivity contribution < 1.29 is 8.42 Å². The van der Waals surface area contributed by atoms with Crippen LogP contribution < -0.4 is 5.73 Å². The Hall–Kier alpha value is -0.580. The van der Waals surface area contributed by atoms with Crippen LogP contribution in [0.1, 0.15) is 11.5 Å². The lowest BCUT2D eigenvalue weighted by atomic mass is 10.1. The van der Waals surface area contributed by atoms with Crippen molar-refractivity contribution in [2.75, 3.05) is 6.26 Å². The molecule has 0 saturated heterocycles. The first-order valence-electron chi connectivity index (χ1n) is 4.61. The molecule has 0 aliphatic heterocycles. The molecule has 3 nitrogen and oxygen atoms in total. The molecule has 2 rings (SSSR count). The summed E-state index contributed by atoms with van der Waals surface area (Å²) in [6, 6.07) is 6.89. The zero-order chi connectivity index (χ0) is 11.2. The molecule has 0 radical (unpaired) electrons. The highest BCUT2D eigenvalue weighted by molar-refractivity contribution is 7.91. The van der Waals surface area contributed by atoms with Crippen LogP contribution in [0, 0.1) is 0 Å². The van der Waals surface area contributed by atoms with E-state index in [-0.39, 0.29) is 12.0 Å². The van der Waals surface area contributed by atoms with E-state index >= 15 is 0 Å². The van der Waals surface area contributed by atoms with Crippen molar-refractivity contribution in [2.24, 2.45) is 5.73 Å². The number of hydrogen-bond donors (Lipinski definition) is 1. The third kappa shape index (κ3) is 2.02. The molecule has 0 spiro atoms. The third-order valence-electron chi connectivity index (χ3n) is 2.76. The van der Waals surface area contributed by atoms with Gasteiger partial charge in [-0.2, -0.15) is 0 Å². The van der Waals surface area contributed by atoms with Gasteiger partial charge in [0.1, 0.15) is 0 Å². The van der Waals surface area contributed by atoms with Gasteiger partial charge in [-0.05, 0) is 17.7 Å². The fourth-order valence-corrected chi connectivity index (χ4v) is 3.60. The smallest absolute Gasteiger partial charge is 0.152 e. The fraction of sp³-hybridized carbons (Fsp3) is 0.400. The molecule has 1 saturated carbocycles. The number of nitrogens with two attached hydrogens (primary N) is 1. The summed E-state index contributed by atoms with van der Waals surface area (Å²) in [7, 11) is -3.04. The van der Waals surface area contributed by atoms with Gasteiger partial charge in [-0.15, -0.1) is 0 Å². The molecular weight excluding hydrogens is 234 g/mol. The minimum absolute atomic E-state index is 0.0720. The topological polar surface area (TPSA) is 60.2 Å². The van der Waals surface area contributed by atoms with Crippen LogP contribution in [-0.2, 0) is 9.84 Å². The first kappa shape index (κ1) is 10.9. The molecule has 5 heteroatoms. The van der Waals surface area contributed by atoms with E-state index in [9.17, 15) is 8.42 Å². The van der Waals surface area contributed by atoms with Gasteiger partial charge in [0.15, 0.2) is 9.84 Å². The van der Waals surface area contributed by atoms with E-state index in [1.807, 2.05) is 12.1 Å². The van der Waals surface area contributed by atoms with Gasteiger partial charge in [0.25, 0.3) is 0 Å². The van der Waals surface area contributed by atoms with Crippen LogP contribution in [0.3, 0.4) is 0 Å². The van der Waals surface area contributed by atoms with Gasteiger partial charge in [-0.25, -0.2) is 8.42 Å². The summed E-state index contributed by atoms with van der Waals surface area (Å²) in [5, 5.41) is 0.211. The monoisotopic (exact) mass is 245 g/mol. The second kappa shape index (κ2) is 3.47. The van der Waals surface area contributed by atoms with Crippen molar-refractivity contribution in [3.8, 4) is 0 Å². The van der Waals surface area contributed by atoms with Crippen molar-refractivity contribution in [1.82, 2.24) is 0 Å². The summed E-state index contributed by atoms with van der Waals surface area (Å²) in [4.78, 5) is 0. The van der Waals surface area contributed by atoms with Gasteiger partial charge >= 0.3 is 0 Å². The maximum absolute atomic E-state index is 11.3. The Kier molecular flexibility index (Phi) is 2.53. The molecular formula is C10H12ClNO2S. The average molecular weight is 246 g/mol. The van der Waals surface area contributed by atoms with Crippen LogP contribution in [0.4, 0.5) is 0 Å². The van der Waals surface area contributed by atoms with Gasteiger partial charge in [-0.1, -0.05) is 23.7 Å². The molecule has 82 valence electrons. The summed E-state index contributed by atoms with van der Waals surface area (Å²) in [5.74, 6) is -0.0720. The van der Waals surface area contributed by atoms with Gasteiger partial charge < -0.3 is 5.73 Å². The van der Waals surface area contributed by atoms with Gasteiger partial charge in [0.2, 0.25) is 0 Å². The van der Waals surface area contributed by atoms with Crippen molar-refractivity contribution in [3.05, 3.63) is 34.9 Å². The molecule has 0 unspecified atom stereocenters. The van der Waals surface area contributed by atoms with Crippen molar-refractivity contribution in [1.29, 1.82) is 0 Å². The zero-order valence-corrected chi connectivity index (χ0v) is 9.79. The molecule has 1 fully saturated rings. The van der Waals surface area contributed by atoms with Gasteiger partial charge in [0, 0.05) is 23.2 Å². The van der Waals surface area contributed by atoms with E-state index in [0.717, 1.165) is 5.56 Å². The normalized spacial score (nSPS) is 30.2. The molecule has 1 aliphatic rings. The van der Waals surface area contributed by atoms with Crippen LogP contribution in [0.5, 0.6) is 0 Å². The maximum atomic E-state index is 11.3. The second-order valence-corrected chi connectivity index (χ2v) is 6.59. The van der Waals surface area contributed by atoms with Crippen LogP contribution in [0.2, 0.25) is 5.02 Å². The predicted octanol–water partition coefficient (Wildman–Crippen LogP) is 1.18.